The van der Waals surface area contributed by atoms with E-state index < -0.39 is 12.0 Å². The lowest BCUT2D eigenvalue weighted by Crippen LogP contribution is -2.32. The number of aromatic nitrogens is 1. The maximum Gasteiger partial charge on any atom is 0.356 e. The number of urea groups is 1. The molecule has 0 atom stereocenters. The fourth-order valence-corrected chi connectivity index (χ4v) is 2.69. The van der Waals surface area contributed by atoms with E-state index in [1.807, 2.05) is 20.8 Å². The van der Waals surface area contributed by atoms with Crippen molar-refractivity contribution < 1.29 is 14.3 Å². The van der Waals surface area contributed by atoms with E-state index in [0.29, 0.717) is 0 Å². The van der Waals surface area contributed by atoms with E-state index in [2.05, 4.69) is 4.98 Å². The molecule has 0 radical (unpaired) electrons. The number of nitrogens with zero attached hydrogens (tertiary/aromatic N) is 1. The van der Waals surface area contributed by atoms with Crippen LogP contribution in [0.2, 0.25) is 10.0 Å². The van der Waals surface area contributed by atoms with Crippen LogP contribution in [-0.2, 0) is 10.2 Å². The van der Waals surface area contributed by atoms with Crippen molar-refractivity contribution in [2.24, 2.45) is 5.73 Å². The predicted molar refractivity (Wildman–Crippen MR) is 99.0 cm³/mol. The van der Waals surface area contributed by atoms with Gasteiger partial charge < -0.3 is 15.5 Å². The van der Waals surface area contributed by atoms with Crippen molar-refractivity contribution in [3.8, 4) is 0 Å². The molecule has 0 aliphatic carbocycles. The Balaban J connectivity index is 2.74. The van der Waals surface area contributed by atoms with Crippen LogP contribution >= 0.6 is 23.2 Å². The summed E-state index contributed by atoms with van der Waals surface area (Å²) in [5.41, 5.74) is 6.61. The summed E-state index contributed by atoms with van der Waals surface area (Å²) in [6.45, 7) is 5.89. The summed E-state index contributed by atoms with van der Waals surface area (Å²) >= 11 is 12.3. The number of methoxy groups -OCH3 is 1. The van der Waals surface area contributed by atoms with Crippen LogP contribution in [0.25, 0.3) is 0 Å². The van der Waals surface area contributed by atoms with Crippen molar-refractivity contribution in [2.45, 2.75) is 26.2 Å². The van der Waals surface area contributed by atoms with Gasteiger partial charge in [0.05, 0.1) is 28.5 Å². The summed E-state index contributed by atoms with van der Waals surface area (Å²) in [5, 5.41) is 0.411. The van der Waals surface area contributed by atoms with E-state index in [-0.39, 0.29) is 32.5 Å². The highest BCUT2D eigenvalue weighted by Crippen LogP contribution is 2.39. The molecule has 2 amide bonds. The molecule has 0 spiro atoms. The number of rotatable bonds is 3. The van der Waals surface area contributed by atoms with Gasteiger partial charge in [0.15, 0.2) is 0 Å². The van der Waals surface area contributed by atoms with Gasteiger partial charge in [0.1, 0.15) is 5.69 Å². The molecule has 3 N–H and O–H groups in total. The lowest BCUT2D eigenvalue weighted by molar-refractivity contribution is 0.0595. The first-order chi connectivity index (χ1) is 11.6. The molecular formula is C17H19Cl2N3O3. The molecule has 2 aromatic rings. The van der Waals surface area contributed by atoms with E-state index in [1.54, 1.807) is 24.3 Å². The van der Waals surface area contributed by atoms with Crippen LogP contribution in [0.1, 0.15) is 37.0 Å². The van der Waals surface area contributed by atoms with Gasteiger partial charge >= 0.3 is 12.0 Å². The van der Waals surface area contributed by atoms with Gasteiger partial charge in [0.2, 0.25) is 0 Å². The summed E-state index contributed by atoms with van der Waals surface area (Å²) in [5.74, 6) is -0.630. The van der Waals surface area contributed by atoms with Gasteiger partial charge in [0, 0.05) is 11.1 Å². The van der Waals surface area contributed by atoms with Crippen molar-refractivity contribution in [3.63, 3.8) is 0 Å². The molecule has 0 bridgehead atoms. The summed E-state index contributed by atoms with van der Waals surface area (Å²) in [4.78, 5) is 28.5. The van der Waals surface area contributed by atoms with Gasteiger partial charge in [-0.15, -0.1) is 0 Å². The minimum Gasteiger partial charge on any atom is -0.464 e. The second kappa shape index (κ2) is 6.98. The molecule has 0 fully saturated rings. The fraction of sp³-hybridized carbons (Fsp3) is 0.294. The minimum atomic E-state index is -0.811. The highest BCUT2D eigenvalue weighted by molar-refractivity contribution is 6.44. The van der Waals surface area contributed by atoms with Crippen LogP contribution < -0.4 is 10.6 Å². The summed E-state index contributed by atoms with van der Waals surface area (Å²) < 4.78 is 4.81. The lowest BCUT2D eigenvalue weighted by atomic mass is 9.92. The van der Waals surface area contributed by atoms with E-state index in [9.17, 15) is 9.59 Å². The van der Waals surface area contributed by atoms with Gasteiger partial charge in [-0.2, -0.15) is 0 Å². The van der Waals surface area contributed by atoms with Gasteiger partial charge in [-0.3, -0.25) is 4.90 Å². The zero-order valence-electron chi connectivity index (χ0n) is 14.3. The van der Waals surface area contributed by atoms with Crippen molar-refractivity contribution in [3.05, 3.63) is 45.7 Å². The van der Waals surface area contributed by atoms with Crippen molar-refractivity contribution in [1.82, 2.24) is 4.98 Å². The maximum absolute atomic E-state index is 12.2. The third-order valence-corrected chi connectivity index (χ3v) is 4.44. The number of amides is 2. The zero-order chi connectivity index (χ0) is 18.9. The third kappa shape index (κ3) is 3.75. The number of ether oxygens (including phenoxy) is 1. The van der Waals surface area contributed by atoms with Crippen LogP contribution in [0.5, 0.6) is 0 Å². The molecule has 2 rings (SSSR count). The van der Waals surface area contributed by atoms with Gasteiger partial charge in [0.25, 0.3) is 0 Å². The molecule has 0 saturated carbocycles. The smallest absolute Gasteiger partial charge is 0.356 e. The lowest BCUT2D eigenvalue weighted by Gasteiger charge is -2.22. The number of esters is 1. The molecular weight excluding hydrogens is 365 g/mol. The summed E-state index contributed by atoms with van der Waals surface area (Å²) in [6, 6.07) is 5.67. The molecule has 1 aromatic heterocycles. The topological polar surface area (TPSA) is 88.4 Å². The number of anilines is 2. The number of primary amides is 1. The number of carbonyl (C=O) groups excluding carboxylic acids is 2. The largest absolute Gasteiger partial charge is 0.464 e. The highest BCUT2D eigenvalue weighted by Gasteiger charge is 2.29. The van der Waals surface area contributed by atoms with Gasteiger partial charge in [-0.25, -0.2) is 9.59 Å². The van der Waals surface area contributed by atoms with Crippen LogP contribution in [0.15, 0.2) is 24.3 Å². The zero-order valence-corrected chi connectivity index (χ0v) is 15.8. The van der Waals surface area contributed by atoms with Crippen molar-refractivity contribution in [2.75, 3.05) is 12.0 Å². The number of benzene rings is 1. The normalized spacial score (nSPS) is 11.3. The minimum absolute atomic E-state index is 0.0993. The van der Waals surface area contributed by atoms with E-state index in [1.165, 1.54) is 7.11 Å². The van der Waals surface area contributed by atoms with E-state index >= 15 is 0 Å². The molecule has 1 aromatic carbocycles. The first kappa shape index (κ1) is 19.1. The summed E-state index contributed by atoms with van der Waals surface area (Å²) in [6.07, 6.45) is 0. The number of hydrogen-bond donors (Lipinski definition) is 2. The highest BCUT2D eigenvalue weighted by atomic mass is 35.5. The molecule has 0 saturated heterocycles. The van der Waals surface area contributed by atoms with Gasteiger partial charge in [-0.05, 0) is 18.2 Å². The van der Waals surface area contributed by atoms with Crippen LogP contribution in [0.3, 0.4) is 0 Å². The third-order valence-electron chi connectivity index (χ3n) is 3.63. The Bertz CT molecular complexity index is 825. The average Bonchev–Trinajstić information content (AvgIpc) is 2.95. The molecule has 1 heterocycles. The quantitative estimate of drug-likeness (QED) is 0.757. The summed E-state index contributed by atoms with van der Waals surface area (Å²) in [7, 11) is 1.25. The standard InChI is InChI=1S/C17H19Cl2N3O3/c1-17(2,3)12-8-11(14(21-12)15(23)25-4)22(16(20)24)10-7-5-6-9(18)13(10)19/h5-8,21H,1-4H3,(H2,20,24). The Kier molecular flexibility index (Phi) is 5.34. The van der Waals surface area contributed by atoms with Crippen molar-refractivity contribution >= 4 is 46.6 Å². The van der Waals surface area contributed by atoms with E-state index in [4.69, 9.17) is 33.7 Å². The van der Waals surface area contributed by atoms with Crippen LogP contribution in [0, 0.1) is 0 Å². The molecule has 25 heavy (non-hydrogen) atoms. The Hall–Kier alpha value is -2.18. The van der Waals surface area contributed by atoms with Gasteiger partial charge in [-0.1, -0.05) is 50.0 Å². The number of nitrogens with one attached hydrogen (secondary N) is 1. The average molecular weight is 384 g/mol. The Morgan fingerprint density at radius 1 is 1.20 bits per heavy atom. The first-order valence-corrected chi connectivity index (χ1v) is 8.19. The first-order valence-electron chi connectivity index (χ1n) is 7.43. The van der Waals surface area contributed by atoms with E-state index in [0.717, 1.165) is 10.6 Å². The maximum atomic E-state index is 12.2. The monoisotopic (exact) mass is 383 g/mol. The van der Waals surface area contributed by atoms with Crippen LogP contribution in [0.4, 0.5) is 16.2 Å². The number of nitrogens with two attached hydrogens (primary N) is 1. The molecule has 0 aliphatic rings. The Morgan fingerprint density at radius 3 is 2.36 bits per heavy atom. The number of halogens is 2. The SMILES string of the molecule is COC(=O)c1[nH]c(C(C)(C)C)cc1N(C(N)=O)c1cccc(Cl)c1Cl. The predicted octanol–water partition coefficient (Wildman–Crippen LogP) is 4.62. The second-order valence-corrected chi connectivity index (χ2v) is 7.22. The number of hydrogen-bond acceptors (Lipinski definition) is 3. The molecule has 8 heteroatoms. The number of H-pyrrole nitrogens is 1. The molecule has 0 aliphatic heterocycles. The molecule has 6 nitrogen and oxygen atoms in total. The van der Waals surface area contributed by atoms with Crippen LogP contribution in [-0.4, -0.2) is 24.1 Å². The second-order valence-electron chi connectivity index (χ2n) is 6.43. The Morgan fingerprint density at radius 2 is 1.84 bits per heavy atom. The molecule has 0 unspecified atom stereocenters. The molecule has 134 valence electrons. The fourth-order valence-electron chi connectivity index (χ4n) is 2.31. The van der Waals surface area contributed by atoms with Crippen molar-refractivity contribution in [1.29, 1.82) is 0 Å². The Labute approximate surface area is 155 Å². The number of aromatic amines is 1. The number of carbonyl (C=O) groups is 2.